The number of aromatic nitrogens is 2. The Labute approximate surface area is 228 Å². The van der Waals surface area contributed by atoms with Crippen molar-refractivity contribution in [2.75, 3.05) is 17.2 Å². The molecule has 0 saturated carbocycles. The number of nitrogen functional groups attached to an aromatic ring is 1. The number of hydrogen-bond acceptors (Lipinski definition) is 8. The third kappa shape index (κ3) is 5.86. The van der Waals surface area contributed by atoms with Gasteiger partial charge in [0.05, 0.1) is 22.4 Å². The van der Waals surface area contributed by atoms with Crippen molar-refractivity contribution < 1.29 is 17.9 Å². The first-order chi connectivity index (χ1) is 17.8. The molecule has 1 aromatic carbocycles. The van der Waals surface area contributed by atoms with E-state index in [4.69, 9.17) is 27.1 Å². The molecule has 1 aliphatic rings. The third-order valence-electron chi connectivity index (χ3n) is 6.29. The van der Waals surface area contributed by atoms with E-state index >= 15 is 0 Å². The van der Waals surface area contributed by atoms with Gasteiger partial charge in [0.2, 0.25) is 0 Å². The first-order valence-electron chi connectivity index (χ1n) is 12.3. The van der Waals surface area contributed by atoms with Gasteiger partial charge in [-0.1, -0.05) is 30.7 Å². The SMILES string of the molecule is CC1CN(c2nc(-c3ccc(Cl)c(OC(C)C)c3)ccc2C(=O)NS(=O)(=O)c2cccc(N)n2)C(C)(C)C1. The summed E-state index contributed by atoms with van der Waals surface area (Å²) in [6.07, 6.45) is 0.819. The second-order valence-electron chi connectivity index (χ2n) is 10.4. The van der Waals surface area contributed by atoms with Gasteiger partial charge in [-0.2, -0.15) is 8.42 Å². The summed E-state index contributed by atoms with van der Waals surface area (Å²) in [6, 6.07) is 12.8. The summed E-state index contributed by atoms with van der Waals surface area (Å²) in [6.45, 7) is 10.8. The summed E-state index contributed by atoms with van der Waals surface area (Å²) < 4.78 is 33.8. The molecule has 3 aromatic rings. The molecule has 11 heteroatoms. The van der Waals surface area contributed by atoms with Gasteiger partial charge in [-0.15, -0.1) is 0 Å². The minimum Gasteiger partial charge on any atom is -0.489 e. The number of rotatable bonds is 7. The van der Waals surface area contributed by atoms with Crippen LogP contribution in [0.25, 0.3) is 11.3 Å². The number of carbonyl (C=O) groups is 1. The fourth-order valence-electron chi connectivity index (χ4n) is 4.77. The smallest absolute Gasteiger partial charge is 0.281 e. The minimum absolute atomic E-state index is 0.0311. The van der Waals surface area contributed by atoms with Gasteiger partial charge in [-0.05, 0) is 76.4 Å². The summed E-state index contributed by atoms with van der Waals surface area (Å²) in [7, 11) is -4.26. The van der Waals surface area contributed by atoms with Crippen molar-refractivity contribution in [3.63, 3.8) is 0 Å². The lowest BCUT2D eigenvalue weighted by molar-refractivity contribution is 0.0981. The van der Waals surface area contributed by atoms with Crippen molar-refractivity contribution in [3.05, 3.63) is 59.1 Å². The number of carbonyl (C=O) groups excluding carboxylic acids is 1. The molecule has 3 N–H and O–H groups in total. The normalized spacial score (nSPS) is 17.0. The number of ether oxygens (including phenoxy) is 1. The maximum absolute atomic E-state index is 13.4. The number of halogens is 1. The zero-order valence-corrected chi connectivity index (χ0v) is 23.6. The number of benzene rings is 1. The molecule has 1 fully saturated rings. The number of hydrogen-bond donors (Lipinski definition) is 2. The van der Waals surface area contributed by atoms with Crippen molar-refractivity contribution in [2.24, 2.45) is 5.92 Å². The Hall–Kier alpha value is -3.37. The Morgan fingerprint density at radius 1 is 1.18 bits per heavy atom. The zero-order chi connectivity index (χ0) is 27.8. The monoisotopic (exact) mass is 557 g/mol. The summed E-state index contributed by atoms with van der Waals surface area (Å²) in [4.78, 5) is 24.2. The van der Waals surface area contributed by atoms with E-state index in [0.717, 1.165) is 12.0 Å². The molecule has 1 atom stereocenters. The quantitative estimate of drug-likeness (QED) is 0.419. The van der Waals surface area contributed by atoms with Crippen LogP contribution in [-0.4, -0.2) is 42.5 Å². The first kappa shape index (κ1) is 27.7. The van der Waals surface area contributed by atoms with Gasteiger partial charge in [0, 0.05) is 17.6 Å². The van der Waals surface area contributed by atoms with Crippen molar-refractivity contribution >= 4 is 39.2 Å². The fourth-order valence-corrected chi connectivity index (χ4v) is 5.87. The number of pyridine rings is 2. The van der Waals surface area contributed by atoms with E-state index in [2.05, 4.69) is 35.4 Å². The highest BCUT2D eigenvalue weighted by Gasteiger charge is 2.39. The van der Waals surface area contributed by atoms with Crippen LogP contribution in [0.2, 0.25) is 5.02 Å². The molecule has 0 aliphatic carbocycles. The van der Waals surface area contributed by atoms with E-state index in [9.17, 15) is 13.2 Å². The molecular weight excluding hydrogens is 526 g/mol. The predicted molar refractivity (Wildman–Crippen MR) is 149 cm³/mol. The van der Waals surface area contributed by atoms with Crippen LogP contribution in [0.3, 0.4) is 0 Å². The Morgan fingerprint density at radius 2 is 1.92 bits per heavy atom. The number of amides is 1. The van der Waals surface area contributed by atoms with Crippen LogP contribution < -0.4 is 20.1 Å². The summed E-state index contributed by atoms with van der Waals surface area (Å²) in [5, 5.41) is 0.138. The highest BCUT2D eigenvalue weighted by Crippen LogP contribution is 2.39. The van der Waals surface area contributed by atoms with E-state index < -0.39 is 15.9 Å². The molecule has 0 bridgehead atoms. The van der Waals surface area contributed by atoms with Gasteiger partial charge in [0.1, 0.15) is 17.4 Å². The maximum Gasteiger partial charge on any atom is 0.281 e. The molecule has 38 heavy (non-hydrogen) atoms. The molecule has 0 spiro atoms. The summed E-state index contributed by atoms with van der Waals surface area (Å²) in [5.41, 5.74) is 6.82. The van der Waals surface area contributed by atoms with Crippen molar-refractivity contribution in [1.29, 1.82) is 0 Å². The molecule has 1 amide bonds. The van der Waals surface area contributed by atoms with E-state index in [1.54, 1.807) is 18.2 Å². The van der Waals surface area contributed by atoms with Crippen LogP contribution >= 0.6 is 11.6 Å². The molecular formula is C27H32ClN5O4S. The van der Waals surface area contributed by atoms with Gasteiger partial charge in [0.25, 0.3) is 15.9 Å². The zero-order valence-electron chi connectivity index (χ0n) is 22.0. The highest BCUT2D eigenvalue weighted by molar-refractivity contribution is 7.90. The van der Waals surface area contributed by atoms with Gasteiger partial charge in [0.15, 0.2) is 5.03 Å². The van der Waals surface area contributed by atoms with Crippen LogP contribution in [0.5, 0.6) is 5.75 Å². The van der Waals surface area contributed by atoms with Gasteiger partial charge in [-0.3, -0.25) is 4.79 Å². The van der Waals surface area contributed by atoms with Crippen LogP contribution in [0.1, 0.15) is 51.4 Å². The second-order valence-corrected chi connectivity index (χ2v) is 12.5. The predicted octanol–water partition coefficient (Wildman–Crippen LogP) is 4.91. The molecule has 1 aliphatic heterocycles. The van der Waals surface area contributed by atoms with Crippen molar-refractivity contribution in [3.8, 4) is 17.0 Å². The molecule has 9 nitrogen and oxygen atoms in total. The van der Waals surface area contributed by atoms with Crippen LogP contribution in [0.15, 0.2) is 53.6 Å². The number of anilines is 2. The lowest BCUT2D eigenvalue weighted by Gasteiger charge is -2.34. The Morgan fingerprint density at radius 3 is 2.55 bits per heavy atom. The Kier molecular flexibility index (Phi) is 7.58. The van der Waals surface area contributed by atoms with E-state index in [1.807, 2.05) is 26.0 Å². The fraction of sp³-hybridized carbons (Fsp3) is 0.370. The summed E-state index contributed by atoms with van der Waals surface area (Å²) in [5.74, 6) is 0.502. The van der Waals surface area contributed by atoms with Crippen molar-refractivity contribution in [1.82, 2.24) is 14.7 Å². The molecule has 1 saturated heterocycles. The molecule has 202 valence electrons. The topological polar surface area (TPSA) is 128 Å². The maximum atomic E-state index is 13.4. The van der Waals surface area contributed by atoms with Gasteiger partial charge < -0.3 is 15.4 Å². The number of sulfonamides is 1. The largest absolute Gasteiger partial charge is 0.489 e. The first-order valence-corrected chi connectivity index (χ1v) is 14.2. The number of nitrogens with one attached hydrogen (secondary N) is 1. The van der Waals surface area contributed by atoms with E-state index in [1.165, 1.54) is 18.2 Å². The average molecular weight is 558 g/mol. The Bertz CT molecular complexity index is 1480. The minimum atomic E-state index is -4.26. The number of nitrogens with zero attached hydrogens (tertiary/aromatic N) is 3. The molecule has 2 aromatic heterocycles. The lowest BCUT2D eigenvalue weighted by Crippen LogP contribution is -2.41. The standard InChI is InChI=1S/C27H32ClN5O4S/c1-16(2)37-22-13-18(9-11-20(22)28)21-12-10-19(25(30-21)33-15-17(3)14-27(33,4)5)26(34)32-38(35,36)24-8-6-7-23(29)31-24/h6-13,16-17H,14-15H2,1-5H3,(H2,29,31)(H,32,34). The van der Waals surface area contributed by atoms with Gasteiger partial charge in [-0.25, -0.2) is 14.7 Å². The second kappa shape index (κ2) is 10.4. The lowest BCUT2D eigenvalue weighted by atomic mass is 9.97. The molecule has 1 unspecified atom stereocenters. The third-order valence-corrected chi connectivity index (χ3v) is 7.83. The molecule has 4 rings (SSSR count). The Balaban J connectivity index is 1.78. The van der Waals surface area contributed by atoms with E-state index in [-0.39, 0.29) is 28.1 Å². The molecule has 3 heterocycles. The van der Waals surface area contributed by atoms with Gasteiger partial charge >= 0.3 is 0 Å². The van der Waals surface area contributed by atoms with Crippen LogP contribution in [0, 0.1) is 5.92 Å². The van der Waals surface area contributed by atoms with Crippen molar-refractivity contribution in [2.45, 2.75) is 57.7 Å². The highest BCUT2D eigenvalue weighted by atomic mass is 35.5. The number of nitrogens with two attached hydrogens (primary N) is 1. The average Bonchev–Trinajstić information content (AvgIpc) is 3.11. The van der Waals surface area contributed by atoms with Crippen LogP contribution in [-0.2, 0) is 10.0 Å². The molecule has 0 radical (unpaired) electrons. The summed E-state index contributed by atoms with van der Waals surface area (Å²) >= 11 is 6.33. The van der Waals surface area contributed by atoms with Crippen LogP contribution in [0.4, 0.5) is 11.6 Å². The van der Waals surface area contributed by atoms with E-state index in [0.29, 0.717) is 34.7 Å².